The fourth-order valence-corrected chi connectivity index (χ4v) is 2.39. The van der Waals surface area contributed by atoms with Gasteiger partial charge in [-0.2, -0.15) is 5.10 Å². The number of hydrogen-bond donors (Lipinski definition) is 2. The van der Waals surface area contributed by atoms with Gasteiger partial charge in [0.2, 0.25) is 10.0 Å². The lowest BCUT2D eigenvalue weighted by atomic mass is 10.3. The number of rotatable bonds is 6. The number of unbranched alkanes of at least 4 members (excludes halogenated alkanes) is 1. The number of aryl methyl sites for hydroxylation is 1. The first-order valence-electron chi connectivity index (χ1n) is 5.33. The van der Waals surface area contributed by atoms with Gasteiger partial charge in [-0.25, -0.2) is 13.1 Å². The van der Waals surface area contributed by atoms with E-state index in [0.717, 1.165) is 12.8 Å². The molecule has 1 rings (SSSR count). The fourth-order valence-electron chi connectivity index (χ4n) is 1.25. The van der Waals surface area contributed by atoms with Crippen LogP contribution in [0.15, 0.2) is 11.1 Å². The van der Waals surface area contributed by atoms with Gasteiger partial charge in [0.25, 0.3) is 0 Å². The summed E-state index contributed by atoms with van der Waals surface area (Å²) in [6, 6.07) is 0. The minimum Gasteiger partial charge on any atom is -0.381 e. The van der Waals surface area contributed by atoms with Gasteiger partial charge in [0, 0.05) is 19.3 Å². The zero-order chi connectivity index (χ0) is 12.2. The Labute approximate surface area is 95.9 Å². The van der Waals surface area contributed by atoms with Crippen molar-refractivity contribution < 1.29 is 8.42 Å². The molecule has 3 N–H and O–H groups in total. The lowest BCUT2D eigenvalue weighted by Crippen LogP contribution is -2.25. The molecule has 92 valence electrons. The quantitative estimate of drug-likeness (QED) is 0.718. The van der Waals surface area contributed by atoms with Crippen LogP contribution in [-0.2, 0) is 16.6 Å². The number of aromatic nitrogens is 2. The van der Waals surface area contributed by atoms with Crippen molar-refractivity contribution >= 4 is 15.8 Å². The predicted molar refractivity (Wildman–Crippen MR) is 62.4 cm³/mol. The van der Waals surface area contributed by atoms with E-state index in [1.54, 1.807) is 0 Å². The first-order chi connectivity index (χ1) is 7.51. The minimum absolute atomic E-state index is 0.0471. The third kappa shape index (κ3) is 2.96. The van der Waals surface area contributed by atoms with Gasteiger partial charge in [-0.15, -0.1) is 0 Å². The Morgan fingerprint density at radius 1 is 1.50 bits per heavy atom. The summed E-state index contributed by atoms with van der Waals surface area (Å²) in [5.41, 5.74) is 5.56. The zero-order valence-electron chi connectivity index (χ0n) is 9.60. The van der Waals surface area contributed by atoms with Gasteiger partial charge < -0.3 is 5.73 Å². The topological polar surface area (TPSA) is 90.0 Å². The molecule has 1 aromatic heterocycles. The van der Waals surface area contributed by atoms with Crippen LogP contribution in [0, 0.1) is 0 Å². The molecule has 0 amide bonds. The molecular weight excluding hydrogens is 228 g/mol. The van der Waals surface area contributed by atoms with E-state index in [4.69, 9.17) is 5.73 Å². The first-order valence-corrected chi connectivity index (χ1v) is 6.82. The molecule has 16 heavy (non-hydrogen) atoms. The van der Waals surface area contributed by atoms with E-state index < -0.39 is 10.0 Å². The fraction of sp³-hybridized carbons (Fsp3) is 0.667. The lowest BCUT2D eigenvalue weighted by molar-refractivity contribution is 0.578. The summed E-state index contributed by atoms with van der Waals surface area (Å²) in [6.45, 7) is 4.88. The number of nitrogens with one attached hydrogen (secondary N) is 1. The second-order valence-electron chi connectivity index (χ2n) is 3.49. The Kier molecular flexibility index (Phi) is 4.31. The van der Waals surface area contributed by atoms with Gasteiger partial charge >= 0.3 is 0 Å². The van der Waals surface area contributed by atoms with Gasteiger partial charge in [-0.05, 0) is 13.3 Å². The largest absolute Gasteiger partial charge is 0.381 e. The Hall–Kier alpha value is -1.08. The minimum atomic E-state index is -3.51. The second kappa shape index (κ2) is 5.31. The van der Waals surface area contributed by atoms with E-state index in [-0.39, 0.29) is 10.7 Å². The van der Waals surface area contributed by atoms with Crippen molar-refractivity contribution in [2.24, 2.45) is 0 Å². The zero-order valence-corrected chi connectivity index (χ0v) is 10.4. The summed E-state index contributed by atoms with van der Waals surface area (Å²) in [5.74, 6) is 0.0471. The van der Waals surface area contributed by atoms with Crippen molar-refractivity contribution in [3.05, 3.63) is 6.20 Å². The second-order valence-corrected chi connectivity index (χ2v) is 5.22. The summed E-state index contributed by atoms with van der Waals surface area (Å²) < 4.78 is 27.6. The van der Waals surface area contributed by atoms with Crippen LogP contribution in [0.4, 0.5) is 5.82 Å². The van der Waals surface area contributed by atoms with E-state index in [9.17, 15) is 8.42 Å². The molecule has 7 heteroatoms. The highest BCUT2D eigenvalue weighted by Crippen LogP contribution is 2.15. The molecule has 0 spiro atoms. The first kappa shape index (κ1) is 13.0. The number of anilines is 1. The van der Waals surface area contributed by atoms with Crippen molar-refractivity contribution in [2.75, 3.05) is 12.3 Å². The maximum Gasteiger partial charge on any atom is 0.245 e. The van der Waals surface area contributed by atoms with Gasteiger partial charge in [-0.3, -0.25) is 4.68 Å². The van der Waals surface area contributed by atoms with Crippen molar-refractivity contribution in [2.45, 2.75) is 38.1 Å². The van der Waals surface area contributed by atoms with E-state index in [1.165, 1.54) is 10.9 Å². The molecule has 0 aliphatic carbocycles. The molecule has 0 saturated heterocycles. The highest BCUT2D eigenvalue weighted by Gasteiger charge is 2.19. The molecule has 0 saturated carbocycles. The molecule has 0 radical (unpaired) electrons. The highest BCUT2D eigenvalue weighted by molar-refractivity contribution is 7.89. The third-order valence-electron chi connectivity index (χ3n) is 2.19. The van der Waals surface area contributed by atoms with Crippen LogP contribution < -0.4 is 10.5 Å². The number of hydrogen-bond acceptors (Lipinski definition) is 4. The van der Waals surface area contributed by atoms with E-state index >= 15 is 0 Å². The van der Waals surface area contributed by atoms with Crippen LogP contribution in [-0.4, -0.2) is 24.7 Å². The Morgan fingerprint density at radius 2 is 2.19 bits per heavy atom. The van der Waals surface area contributed by atoms with Gasteiger partial charge in [-0.1, -0.05) is 13.3 Å². The number of nitrogen functional groups attached to an aromatic ring is 1. The maximum absolute atomic E-state index is 11.8. The summed E-state index contributed by atoms with van der Waals surface area (Å²) in [6.07, 6.45) is 3.19. The van der Waals surface area contributed by atoms with Crippen LogP contribution in [0.3, 0.4) is 0 Å². The normalized spacial score (nSPS) is 11.9. The van der Waals surface area contributed by atoms with Gasteiger partial charge in [0.05, 0.1) is 0 Å². The van der Waals surface area contributed by atoms with Crippen LogP contribution >= 0.6 is 0 Å². The number of nitrogens with zero attached hydrogens (tertiary/aromatic N) is 2. The third-order valence-corrected chi connectivity index (χ3v) is 3.67. The Morgan fingerprint density at radius 3 is 2.69 bits per heavy atom. The van der Waals surface area contributed by atoms with Crippen LogP contribution in [0.5, 0.6) is 0 Å². The molecule has 0 fully saturated rings. The number of sulfonamides is 1. The van der Waals surface area contributed by atoms with Crippen molar-refractivity contribution in [1.82, 2.24) is 14.5 Å². The summed E-state index contributed by atoms with van der Waals surface area (Å²) in [4.78, 5) is 0.0606. The SMILES string of the molecule is CCCCNS(=O)(=O)c1cn(CC)nc1N. The average Bonchev–Trinajstić information content (AvgIpc) is 2.60. The molecule has 0 aliphatic rings. The van der Waals surface area contributed by atoms with E-state index in [0.29, 0.717) is 13.1 Å². The molecule has 0 atom stereocenters. The summed E-state index contributed by atoms with van der Waals surface area (Å²) in [7, 11) is -3.51. The lowest BCUT2D eigenvalue weighted by Gasteiger charge is -2.03. The molecule has 6 nitrogen and oxygen atoms in total. The van der Waals surface area contributed by atoms with Gasteiger partial charge in [0.1, 0.15) is 4.90 Å². The van der Waals surface area contributed by atoms with Gasteiger partial charge in [0.15, 0.2) is 5.82 Å². The molecule has 0 unspecified atom stereocenters. The average molecular weight is 246 g/mol. The summed E-state index contributed by atoms with van der Waals surface area (Å²) in [5, 5.41) is 3.90. The number of nitrogens with two attached hydrogens (primary N) is 1. The van der Waals surface area contributed by atoms with Crippen molar-refractivity contribution in [3.63, 3.8) is 0 Å². The van der Waals surface area contributed by atoms with Crippen molar-refractivity contribution in [3.8, 4) is 0 Å². The Bertz CT molecular complexity index is 438. The molecule has 1 aromatic rings. The highest BCUT2D eigenvalue weighted by atomic mass is 32.2. The van der Waals surface area contributed by atoms with Crippen LogP contribution in [0.1, 0.15) is 26.7 Å². The molecule has 0 aromatic carbocycles. The predicted octanol–water partition coefficient (Wildman–Crippen LogP) is 0.564. The standard InChI is InChI=1S/C9H18N4O2S/c1-3-5-6-11-16(14,15)8-7-13(4-2)12-9(8)10/h7,11H,3-6H2,1-2H3,(H2,10,12). The smallest absolute Gasteiger partial charge is 0.245 e. The van der Waals surface area contributed by atoms with E-state index in [2.05, 4.69) is 9.82 Å². The van der Waals surface area contributed by atoms with Crippen LogP contribution in [0.2, 0.25) is 0 Å². The molecular formula is C9H18N4O2S. The van der Waals surface area contributed by atoms with Crippen LogP contribution in [0.25, 0.3) is 0 Å². The summed E-state index contributed by atoms with van der Waals surface area (Å²) >= 11 is 0. The monoisotopic (exact) mass is 246 g/mol. The molecule has 1 heterocycles. The van der Waals surface area contributed by atoms with Crippen molar-refractivity contribution in [1.29, 1.82) is 0 Å². The van der Waals surface area contributed by atoms with E-state index in [1.807, 2.05) is 13.8 Å². The molecule has 0 aliphatic heterocycles. The maximum atomic E-state index is 11.8. The Balaban J connectivity index is 2.85. The molecule has 0 bridgehead atoms.